The molecule has 1 saturated carbocycles. The van der Waals surface area contributed by atoms with Gasteiger partial charge in [0.15, 0.2) is 0 Å². The van der Waals surface area contributed by atoms with Gasteiger partial charge in [-0.05, 0) is 62.8 Å². The summed E-state index contributed by atoms with van der Waals surface area (Å²) in [4.78, 5) is 18.5. The van der Waals surface area contributed by atoms with Crippen LogP contribution >= 0.6 is 11.6 Å². The lowest BCUT2D eigenvalue weighted by Crippen LogP contribution is -2.44. The minimum absolute atomic E-state index is 0.321. The zero-order valence-electron chi connectivity index (χ0n) is 21.6. The molecule has 0 bridgehead atoms. The number of nitrogens with one attached hydrogen (secondary N) is 1. The van der Waals surface area contributed by atoms with Crippen molar-refractivity contribution >= 4 is 39.5 Å². The van der Waals surface area contributed by atoms with Gasteiger partial charge in [-0.15, -0.1) is 0 Å². The Morgan fingerprint density at radius 1 is 1.26 bits per heavy atom. The van der Waals surface area contributed by atoms with Crippen LogP contribution in [-0.4, -0.2) is 49.0 Å². The Kier molecular flexibility index (Phi) is 7.55. The van der Waals surface area contributed by atoms with E-state index in [1.165, 1.54) is 12.4 Å². The van der Waals surface area contributed by atoms with Gasteiger partial charge in [0.2, 0.25) is 0 Å². The van der Waals surface area contributed by atoms with Crippen LogP contribution in [0.1, 0.15) is 50.4 Å². The van der Waals surface area contributed by atoms with Crippen LogP contribution < -0.4 is 5.73 Å². The van der Waals surface area contributed by atoms with E-state index in [9.17, 15) is 13.2 Å². The van der Waals surface area contributed by atoms with Crippen LogP contribution in [0.3, 0.4) is 0 Å². The molecule has 1 unspecified atom stereocenters. The van der Waals surface area contributed by atoms with E-state index in [0.717, 1.165) is 62.3 Å². The topological polar surface area (TPSA) is 88.7 Å². The van der Waals surface area contributed by atoms with Crippen molar-refractivity contribution in [3.8, 4) is 0 Å². The first-order chi connectivity index (χ1) is 18.1. The number of aromatic amines is 1. The number of aryl methyl sites for hydroxylation is 2. The molecule has 4 aromatic rings. The number of imidazole rings is 1. The highest BCUT2D eigenvalue weighted by Crippen LogP contribution is 2.38. The maximum atomic E-state index is 13.1. The van der Waals surface area contributed by atoms with Crippen LogP contribution in [0.5, 0.6) is 0 Å². The Balaban J connectivity index is 1.08. The molecule has 0 saturated heterocycles. The van der Waals surface area contributed by atoms with Gasteiger partial charge in [0, 0.05) is 31.7 Å². The fourth-order valence-electron chi connectivity index (χ4n) is 5.56. The first-order valence-corrected chi connectivity index (χ1v) is 13.5. The molecule has 5 rings (SSSR count). The summed E-state index contributed by atoms with van der Waals surface area (Å²) in [5, 5.41) is 0.578. The summed E-state index contributed by atoms with van der Waals surface area (Å²) in [6.45, 7) is 4.19. The number of hydrogen-bond acceptors (Lipinski definition) is 5. The van der Waals surface area contributed by atoms with E-state index in [4.69, 9.17) is 17.3 Å². The third-order valence-electron chi connectivity index (χ3n) is 8.04. The standard InChI is InChI=1S/C27H33ClF3N7/c1-3-16(6-8-38-9-7-19-25(32)33-15-34-26(19)38)14-37(2)18-10-17(11-18)4-5-24-35-22-12-20(27(29,30)31)21(28)13-23(22)36-24/h7,9,12-13,15-18H,3-6,8,10-11,14H2,1-2H3,(H,35,36)(H2,32,33,34). The van der Waals surface area contributed by atoms with Crippen molar-refractivity contribution in [2.45, 2.75) is 64.2 Å². The summed E-state index contributed by atoms with van der Waals surface area (Å²) in [6, 6.07) is 4.89. The van der Waals surface area contributed by atoms with Crippen molar-refractivity contribution in [1.82, 2.24) is 29.4 Å². The van der Waals surface area contributed by atoms with Gasteiger partial charge in [-0.1, -0.05) is 24.9 Å². The fraction of sp³-hybridized carbons (Fsp3) is 0.519. The summed E-state index contributed by atoms with van der Waals surface area (Å²) in [5.41, 5.74) is 6.86. The summed E-state index contributed by atoms with van der Waals surface area (Å²) in [5.74, 6) is 2.41. The van der Waals surface area contributed by atoms with Crippen LogP contribution in [0.15, 0.2) is 30.7 Å². The highest BCUT2D eigenvalue weighted by atomic mass is 35.5. The minimum Gasteiger partial charge on any atom is -0.383 e. The molecule has 3 N–H and O–H groups in total. The van der Waals surface area contributed by atoms with Crippen molar-refractivity contribution in [1.29, 1.82) is 0 Å². The molecule has 7 nitrogen and oxygen atoms in total. The molecule has 1 atom stereocenters. The number of benzene rings is 1. The maximum absolute atomic E-state index is 13.1. The average molecular weight is 548 g/mol. The fourth-order valence-corrected chi connectivity index (χ4v) is 5.83. The normalized spacial score (nSPS) is 18.9. The number of nitrogens with two attached hydrogens (primary N) is 1. The predicted molar refractivity (Wildman–Crippen MR) is 144 cm³/mol. The van der Waals surface area contributed by atoms with Gasteiger partial charge in [-0.25, -0.2) is 15.0 Å². The Labute approximate surface area is 224 Å². The van der Waals surface area contributed by atoms with Gasteiger partial charge < -0.3 is 20.2 Å². The van der Waals surface area contributed by atoms with E-state index in [2.05, 4.69) is 43.4 Å². The molecule has 1 fully saturated rings. The third kappa shape index (κ3) is 5.61. The molecule has 38 heavy (non-hydrogen) atoms. The number of aromatic nitrogens is 5. The summed E-state index contributed by atoms with van der Waals surface area (Å²) >= 11 is 5.83. The Hall–Kier alpha value is -2.85. The van der Waals surface area contributed by atoms with Crippen molar-refractivity contribution in [2.75, 3.05) is 19.3 Å². The summed E-state index contributed by atoms with van der Waals surface area (Å²) in [6.07, 6.45) is 5.19. The number of nitrogens with zero attached hydrogens (tertiary/aromatic N) is 5. The molecule has 1 aliphatic rings. The monoisotopic (exact) mass is 547 g/mol. The lowest BCUT2D eigenvalue weighted by atomic mass is 9.76. The van der Waals surface area contributed by atoms with Crippen LogP contribution in [0.4, 0.5) is 19.0 Å². The first-order valence-electron chi connectivity index (χ1n) is 13.1. The SMILES string of the molecule is CCC(CCn1ccc2c(N)ncnc21)CN(C)C1CC(CCc2nc3cc(Cl)c(C(F)(F)F)cc3[nH]2)C1. The number of fused-ring (bicyclic) bond motifs is 2. The lowest BCUT2D eigenvalue weighted by Gasteiger charge is -2.42. The number of rotatable bonds is 10. The largest absolute Gasteiger partial charge is 0.417 e. The molecule has 1 aromatic carbocycles. The van der Waals surface area contributed by atoms with E-state index >= 15 is 0 Å². The first kappa shape index (κ1) is 26.7. The van der Waals surface area contributed by atoms with Crippen molar-refractivity contribution in [2.24, 2.45) is 11.8 Å². The van der Waals surface area contributed by atoms with E-state index in [-0.39, 0.29) is 5.02 Å². The maximum Gasteiger partial charge on any atom is 0.417 e. The zero-order valence-corrected chi connectivity index (χ0v) is 22.4. The van der Waals surface area contributed by atoms with Crippen molar-refractivity contribution < 1.29 is 13.2 Å². The smallest absolute Gasteiger partial charge is 0.383 e. The third-order valence-corrected chi connectivity index (χ3v) is 8.35. The van der Waals surface area contributed by atoms with Crippen LogP contribution in [0, 0.1) is 11.8 Å². The molecule has 0 radical (unpaired) electrons. The molecule has 3 heterocycles. The molecule has 0 aliphatic heterocycles. The van der Waals surface area contributed by atoms with Gasteiger partial charge in [0.1, 0.15) is 23.6 Å². The number of H-pyrrole nitrogens is 1. The Morgan fingerprint density at radius 3 is 2.79 bits per heavy atom. The molecule has 0 spiro atoms. The van der Waals surface area contributed by atoms with Crippen molar-refractivity contribution in [3.63, 3.8) is 0 Å². The van der Waals surface area contributed by atoms with Gasteiger partial charge in [-0.3, -0.25) is 0 Å². The second-order valence-corrected chi connectivity index (χ2v) is 11.0. The van der Waals surface area contributed by atoms with Crippen LogP contribution in [-0.2, 0) is 19.1 Å². The second kappa shape index (κ2) is 10.7. The van der Waals surface area contributed by atoms with Crippen LogP contribution in [0.2, 0.25) is 5.02 Å². The number of nitrogen functional groups attached to an aromatic ring is 1. The molecular formula is C27H33ClF3N7. The quantitative estimate of drug-likeness (QED) is 0.242. The molecule has 0 amide bonds. The number of alkyl halides is 3. The lowest BCUT2D eigenvalue weighted by molar-refractivity contribution is -0.137. The van der Waals surface area contributed by atoms with Gasteiger partial charge >= 0.3 is 6.18 Å². The van der Waals surface area contributed by atoms with E-state index in [0.29, 0.717) is 47.0 Å². The highest BCUT2D eigenvalue weighted by molar-refractivity contribution is 6.32. The number of halogens is 4. The molecule has 1 aliphatic carbocycles. The number of anilines is 1. The van der Waals surface area contributed by atoms with E-state index in [1.54, 1.807) is 0 Å². The highest BCUT2D eigenvalue weighted by Gasteiger charge is 2.34. The van der Waals surface area contributed by atoms with Gasteiger partial charge in [-0.2, -0.15) is 13.2 Å². The Bertz CT molecular complexity index is 1410. The number of hydrogen-bond donors (Lipinski definition) is 2. The second-order valence-electron chi connectivity index (χ2n) is 10.6. The summed E-state index contributed by atoms with van der Waals surface area (Å²) in [7, 11) is 2.21. The molecule has 3 aromatic heterocycles. The minimum atomic E-state index is -4.49. The van der Waals surface area contributed by atoms with E-state index < -0.39 is 11.7 Å². The zero-order chi connectivity index (χ0) is 27.0. The van der Waals surface area contributed by atoms with E-state index in [1.807, 2.05) is 12.3 Å². The average Bonchev–Trinajstić information content (AvgIpc) is 3.43. The Morgan fingerprint density at radius 2 is 2.05 bits per heavy atom. The summed E-state index contributed by atoms with van der Waals surface area (Å²) < 4.78 is 41.6. The molecular weight excluding hydrogens is 515 g/mol. The van der Waals surface area contributed by atoms with Crippen LogP contribution in [0.25, 0.3) is 22.1 Å². The molecule has 11 heteroatoms. The predicted octanol–water partition coefficient (Wildman–Crippen LogP) is 6.32. The van der Waals surface area contributed by atoms with Gasteiger partial charge in [0.05, 0.1) is 27.0 Å². The van der Waals surface area contributed by atoms with Gasteiger partial charge in [0.25, 0.3) is 0 Å². The van der Waals surface area contributed by atoms with Crippen molar-refractivity contribution in [3.05, 3.63) is 47.1 Å². The molecule has 204 valence electrons.